The molecule has 2 aromatic carbocycles. The van der Waals surface area contributed by atoms with E-state index in [2.05, 4.69) is 4.72 Å². The van der Waals surface area contributed by atoms with Gasteiger partial charge < -0.3 is 9.30 Å². The summed E-state index contributed by atoms with van der Waals surface area (Å²) >= 11 is 0. The molecule has 6 nitrogen and oxygen atoms in total. The standard InChI is InChI=1S/C19H20N2O4S/c1-13(22)14-4-7-17(8-5-14)26(23,24)20-11-15-12-21(2)19-9-6-16(25-3)10-18(15)19/h4-10,12,20H,11H2,1-3H3. The molecule has 136 valence electrons. The number of nitrogens with one attached hydrogen (secondary N) is 1. The summed E-state index contributed by atoms with van der Waals surface area (Å²) in [5.41, 5.74) is 2.32. The Labute approximate surface area is 152 Å². The van der Waals surface area contributed by atoms with E-state index in [1.807, 2.05) is 36.0 Å². The maximum absolute atomic E-state index is 12.5. The van der Waals surface area contributed by atoms with Gasteiger partial charge in [-0.2, -0.15) is 0 Å². The number of fused-ring (bicyclic) bond motifs is 1. The molecule has 0 unspecified atom stereocenters. The largest absolute Gasteiger partial charge is 0.497 e. The Morgan fingerprint density at radius 2 is 1.85 bits per heavy atom. The van der Waals surface area contributed by atoms with E-state index in [0.717, 1.165) is 16.5 Å². The van der Waals surface area contributed by atoms with Crippen molar-refractivity contribution in [2.75, 3.05) is 7.11 Å². The minimum absolute atomic E-state index is 0.105. The minimum Gasteiger partial charge on any atom is -0.497 e. The number of aryl methyl sites for hydroxylation is 1. The number of carbonyl (C=O) groups is 1. The zero-order chi connectivity index (χ0) is 18.9. The molecule has 0 radical (unpaired) electrons. The molecule has 0 atom stereocenters. The smallest absolute Gasteiger partial charge is 0.240 e. The Hall–Kier alpha value is -2.64. The number of Topliss-reactive ketones (excluding diaryl/α,β-unsaturated/α-hetero) is 1. The zero-order valence-corrected chi connectivity index (χ0v) is 15.6. The van der Waals surface area contributed by atoms with Crippen molar-refractivity contribution in [3.8, 4) is 5.75 Å². The first-order chi connectivity index (χ1) is 12.3. The van der Waals surface area contributed by atoms with Gasteiger partial charge in [0.2, 0.25) is 10.0 Å². The Bertz CT molecular complexity index is 1070. The molecule has 0 saturated heterocycles. The lowest BCUT2D eigenvalue weighted by Crippen LogP contribution is -2.23. The average Bonchev–Trinajstić information content (AvgIpc) is 2.95. The summed E-state index contributed by atoms with van der Waals surface area (Å²) < 4.78 is 34.9. The van der Waals surface area contributed by atoms with E-state index in [4.69, 9.17) is 4.74 Å². The van der Waals surface area contributed by atoms with E-state index in [0.29, 0.717) is 11.3 Å². The van der Waals surface area contributed by atoms with Crippen LogP contribution in [-0.4, -0.2) is 25.9 Å². The Balaban J connectivity index is 1.85. The van der Waals surface area contributed by atoms with Crippen molar-refractivity contribution < 1.29 is 17.9 Å². The minimum atomic E-state index is -3.68. The summed E-state index contributed by atoms with van der Waals surface area (Å²) in [5, 5.41) is 0.932. The lowest BCUT2D eigenvalue weighted by atomic mass is 10.1. The normalized spacial score (nSPS) is 11.7. The summed E-state index contributed by atoms with van der Waals surface area (Å²) in [6, 6.07) is 11.6. The SMILES string of the molecule is COc1ccc2c(c1)c(CNS(=O)(=O)c1ccc(C(C)=O)cc1)cn2C. The van der Waals surface area contributed by atoms with Crippen LogP contribution in [0.3, 0.4) is 0 Å². The quantitative estimate of drug-likeness (QED) is 0.675. The number of hydrogen-bond donors (Lipinski definition) is 1. The molecular formula is C19H20N2O4S. The first-order valence-electron chi connectivity index (χ1n) is 8.04. The number of rotatable bonds is 6. The Kier molecular flexibility index (Phi) is 4.84. The summed E-state index contributed by atoms with van der Waals surface area (Å²) in [5.74, 6) is 0.610. The molecular weight excluding hydrogens is 352 g/mol. The number of sulfonamides is 1. The van der Waals surface area contributed by atoms with Crippen LogP contribution < -0.4 is 9.46 Å². The second kappa shape index (κ2) is 6.93. The van der Waals surface area contributed by atoms with E-state index in [-0.39, 0.29) is 17.2 Å². The van der Waals surface area contributed by atoms with Gasteiger partial charge in [0.15, 0.2) is 5.78 Å². The fourth-order valence-corrected chi connectivity index (χ4v) is 3.85. The van der Waals surface area contributed by atoms with Crippen LogP contribution in [0.15, 0.2) is 53.6 Å². The number of ketones is 1. The monoisotopic (exact) mass is 372 g/mol. The van der Waals surface area contributed by atoms with Crippen molar-refractivity contribution in [1.29, 1.82) is 0 Å². The zero-order valence-electron chi connectivity index (χ0n) is 14.8. The number of nitrogens with zero attached hydrogens (tertiary/aromatic N) is 1. The van der Waals surface area contributed by atoms with Gasteiger partial charge >= 0.3 is 0 Å². The molecule has 0 fully saturated rings. The number of ether oxygens (including phenoxy) is 1. The Morgan fingerprint density at radius 3 is 2.46 bits per heavy atom. The van der Waals surface area contributed by atoms with Crippen LogP contribution in [0.5, 0.6) is 5.75 Å². The van der Waals surface area contributed by atoms with Crippen LogP contribution in [-0.2, 0) is 23.6 Å². The lowest BCUT2D eigenvalue weighted by molar-refractivity contribution is 0.101. The summed E-state index contributed by atoms with van der Waals surface area (Å²) in [6.45, 7) is 1.60. The molecule has 0 bridgehead atoms. The molecule has 1 aromatic heterocycles. The molecule has 0 aliphatic rings. The van der Waals surface area contributed by atoms with E-state index in [1.165, 1.54) is 31.2 Å². The van der Waals surface area contributed by atoms with E-state index in [1.54, 1.807) is 7.11 Å². The van der Waals surface area contributed by atoms with Crippen molar-refractivity contribution >= 4 is 26.7 Å². The fraction of sp³-hybridized carbons (Fsp3) is 0.211. The van der Waals surface area contributed by atoms with E-state index in [9.17, 15) is 13.2 Å². The third kappa shape index (κ3) is 3.49. The van der Waals surface area contributed by atoms with Gasteiger partial charge in [-0.1, -0.05) is 12.1 Å². The number of hydrogen-bond acceptors (Lipinski definition) is 4. The summed E-state index contributed by atoms with van der Waals surface area (Å²) in [7, 11) is -0.173. The highest BCUT2D eigenvalue weighted by atomic mass is 32.2. The van der Waals surface area contributed by atoms with Crippen molar-refractivity contribution in [3.05, 3.63) is 59.8 Å². The number of benzene rings is 2. The van der Waals surface area contributed by atoms with Crippen LogP contribution in [0.25, 0.3) is 10.9 Å². The van der Waals surface area contributed by atoms with Gasteiger partial charge in [0.05, 0.1) is 12.0 Å². The molecule has 0 aliphatic carbocycles. The van der Waals surface area contributed by atoms with Crippen LogP contribution in [0.1, 0.15) is 22.8 Å². The molecule has 0 aliphatic heterocycles. The van der Waals surface area contributed by atoms with Gasteiger partial charge in [0, 0.05) is 36.3 Å². The van der Waals surface area contributed by atoms with Crippen molar-refractivity contribution in [2.24, 2.45) is 7.05 Å². The second-order valence-electron chi connectivity index (χ2n) is 6.05. The van der Waals surface area contributed by atoms with Crippen LogP contribution >= 0.6 is 0 Å². The first-order valence-corrected chi connectivity index (χ1v) is 9.53. The molecule has 1 heterocycles. The lowest BCUT2D eigenvalue weighted by Gasteiger charge is -2.07. The van der Waals surface area contributed by atoms with E-state index >= 15 is 0 Å². The van der Waals surface area contributed by atoms with Crippen LogP contribution in [0, 0.1) is 0 Å². The fourth-order valence-electron chi connectivity index (χ4n) is 2.85. The molecule has 7 heteroatoms. The van der Waals surface area contributed by atoms with Gasteiger partial charge in [-0.25, -0.2) is 13.1 Å². The first kappa shape index (κ1) is 18.2. The molecule has 0 spiro atoms. The van der Waals surface area contributed by atoms with Gasteiger partial charge in [0.25, 0.3) is 0 Å². The van der Waals surface area contributed by atoms with Crippen molar-refractivity contribution in [2.45, 2.75) is 18.4 Å². The number of aromatic nitrogens is 1. The van der Waals surface area contributed by atoms with Crippen molar-refractivity contribution in [3.63, 3.8) is 0 Å². The highest BCUT2D eigenvalue weighted by molar-refractivity contribution is 7.89. The van der Waals surface area contributed by atoms with Gasteiger partial charge in [-0.05, 0) is 42.8 Å². The van der Waals surface area contributed by atoms with Crippen LogP contribution in [0.4, 0.5) is 0 Å². The predicted molar refractivity (Wildman–Crippen MR) is 99.9 cm³/mol. The average molecular weight is 372 g/mol. The third-order valence-corrected chi connectivity index (χ3v) is 5.72. The highest BCUT2D eigenvalue weighted by Gasteiger charge is 2.16. The van der Waals surface area contributed by atoms with Gasteiger partial charge in [0.1, 0.15) is 5.75 Å². The molecule has 0 amide bonds. The van der Waals surface area contributed by atoms with Gasteiger partial charge in [-0.3, -0.25) is 4.79 Å². The molecule has 1 N–H and O–H groups in total. The maximum atomic E-state index is 12.5. The van der Waals surface area contributed by atoms with Gasteiger partial charge in [-0.15, -0.1) is 0 Å². The molecule has 0 saturated carbocycles. The summed E-state index contributed by atoms with van der Waals surface area (Å²) in [4.78, 5) is 11.4. The summed E-state index contributed by atoms with van der Waals surface area (Å²) in [6.07, 6.45) is 1.89. The topological polar surface area (TPSA) is 77.4 Å². The highest BCUT2D eigenvalue weighted by Crippen LogP contribution is 2.25. The van der Waals surface area contributed by atoms with Crippen molar-refractivity contribution in [1.82, 2.24) is 9.29 Å². The molecule has 3 rings (SSSR count). The third-order valence-electron chi connectivity index (χ3n) is 4.30. The van der Waals surface area contributed by atoms with E-state index < -0.39 is 10.0 Å². The Morgan fingerprint density at radius 1 is 1.15 bits per heavy atom. The predicted octanol–water partition coefficient (Wildman–Crippen LogP) is 2.87. The molecule has 26 heavy (non-hydrogen) atoms. The number of methoxy groups -OCH3 is 1. The second-order valence-corrected chi connectivity index (χ2v) is 7.82. The van der Waals surface area contributed by atoms with Crippen LogP contribution in [0.2, 0.25) is 0 Å². The molecule has 3 aromatic rings. The number of carbonyl (C=O) groups excluding carboxylic acids is 1. The maximum Gasteiger partial charge on any atom is 0.240 e.